The highest BCUT2D eigenvalue weighted by Gasteiger charge is 2.48. The number of thioether (sulfide) groups is 1. The Hall–Kier alpha value is -2.52. The molecule has 3 rings (SSSR count). The molecule has 1 fully saturated rings. The Balaban J connectivity index is 2.00. The van der Waals surface area contributed by atoms with Gasteiger partial charge in [0.25, 0.3) is 0 Å². The molecule has 2 aliphatic rings. The van der Waals surface area contributed by atoms with Crippen LogP contribution >= 0.6 is 11.8 Å². The number of benzene rings is 1. The maximum absolute atomic E-state index is 13.2. The van der Waals surface area contributed by atoms with Crippen LogP contribution in [0, 0.1) is 5.92 Å². The zero-order valence-electron chi connectivity index (χ0n) is 18.2. The van der Waals surface area contributed by atoms with Gasteiger partial charge in [-0.1, -0.05) is 19.1 Å². The number of carbonyl (C=O) groups excluding carboxylic acids is 3. The van der Waals surface area contributed by atoms with Gasteiger partial charge in [-0.25, -0.2) is 9.59 Å². The molecule has 9 heteroatoms. The molecule has 4 atom stereocenters. The number of carbonyl (C=O) groups is 3. The number of nitrogens with one attached hydrogen (secondary N) is 3. The normalized spacial score (nSPS) is 25.2. The van der Waals surface area contributed by atoms with Gasteiger partial charge in [-0.05, 0) is 43.7 Å². The van der Waals surface area contributed by atoms with Crippen LogP contribution in [0.15, 0.2) is 35.5 Å². The van der Waals surface area contributed by atoms with Crippen LogP contribution in [0.2, 0.25) is 0 Å². The number of amides is 1. The lowest BCUT2D eigenvalue weighted by atomic mass is 9.74. The molecule has 1 aromatic rings. The van der Waals surface area contributed by atoms with Crippen LogP contribution < -0.4 is 16.0 Å². The molecule has 0 spiro atoms. The molecule has 2 heterocycles. The van der Waals surface area contributed by atoms with E-state index in [1.807, 2.05) is 6.92 Å². The van der Waals surface area contributed by atoms with Crippen LogP contribution in [0.5, 0.6) is 0 Å². The summed E-state index contributed by atoms with van der Waals surface area (Å²) in [6.45, 7) is 5.89. The smallest absolute Gasteiger partial charge is 0.337 e. The highest BCUT2D eigenvalue weighted by Crippen LogP contribution is 2.41. The summed E-state index contributed by atoms with van der Waals surface area (Å²) in [5.41, 5.74) is 2.04. The van der Waals surface area contributed by atoms with Crippen LogP contribution in [0.1, 0.15) is 49.0 Å². The number of methoxy groups -OCH3 is 1. The highest BCUT2D eigenvalue weighted by atomic mass is 32.2. The molecule has 4 unspecified atom stereocenters. The van der Waals surface area contributed by atoms with Gasteiger partial charge in [-0.2, -0.15) is 0 Å². The van der Waals surface area contributed by atoms with E-state index in [1.54, 1.807) is 43.0 Å². The Morgan fingerprint density at radius 3 is 2.42 bits per heavy atom. The number of hydrogen-bond acceptors (Lipinski definition) is 8. The molecule has 0 radical (unpaired) electrons. The summed E-state index contributed by atoms with van der Waals surface area (Å²) in [6, 6.07) is 6.81. The van der Waals surface area contributed by atoms with Gasteiger partial charge in [0, 0.05) is 11.6 Å². The Morgan fingerprint density at radius 1 is 1.10 bits per heavy atom. The van der Waals surface area contributed by atoms with Gasteiger partial charge in [-0.3, -0.25) is 10.1 Å². The van der Waals surface area contributed by atoms with Crippen LogP contribution in [0.4, 0.5) is 0 Å². The number of hydrogen-bond donors (Lipinski definition) is 3. The minimum absolute atomic E-state index is 0.138. The molecule has 0 saturated carbocycles. The first-order chi connectivity index (χ1) is 14.9. The van der Waals surface area contributed by atoms with Crippen LogP contribution in [0.3, 0.4) is 0 Å². The van der Waals surface area contributed by atoms with E-state index in [0.717, 1.165) is 17.7 Å². The number of fused-ring (bicyclic) bond motifs is 1. The van der Waals surface area contributed by atoms with Crippen molar-refractivity contribution < 1.29 is 23.9 Å². The molecular weight excluding hydrogens is 418 g/mol. The second-order valence-electron chi connectivity index (χ2n) is 7.42. The van der Waals surface area contributed by atoms with Crippen molar-refractivity contribution in [3.63, 3.8) is 0 Å². The van der Waals surface area contributed by atoms with Crippen molar-refractivity contribution in [3.05, 3.63) is 46.7 Å². The zero-order chi connectivity index (χ0) is 22.5. The molecule has 1 saturated heterocycles. The summed E-state index contributed by atoms with van der Waals surface area (Å²) >= 11 is 1.64. The minimum atomic E-state index is -0.564. The molecule has 1 amide bonds. The van der Waals surface area contributed by atoms with Gasteiger partial charge in [0.2, 0.25) is 5.91 Å². The van der Waals surface area contributed by atoms with E-state index in [1.165, 1.54) is 7.11 Å². The van der Waals surface area contributed by atoms with Crippen LogP contribution in [-0.4, -0.2) is 49.0 Å². The lowest BCUT2D eigenvalue weighted by molar-refractivity contribution is -0.139. The van der Waals surface area contributed by atoms with E-state index < -0.39 is 23.8 Å². The maximum Gasteiger partial charge on any atom is 0.337 e. The fourth-order valence-electron chi connectivity index (χ4n) is 4.02. The van der Waals surface area contributed by atoms with Gasteiger partial charge in [-0.15, -0.1) is 11.8 Å². The van der Waals surface area contributed by atoms with Crippen molar-refractivity contribution in [2.45, 2.75) is 44.8 Å². The Morgan fingerprint density at radius 2 is 1.81 bits per heavy atom. The SMILES string of the molecule is CCCSC1NC(=O)C2C(NC(C)=C(C(=O)OCC)C2c2ccc(C(=O)OC)cc2)N1. The summed E-state index contributed by atoms with van der Waals surface area (Å²) in [5, 5.41) is 9.76. The van der Waals surface area contributed by atoms with E-state index >= 15 is 0 Å². The first-order valence-electron chi connectivity index (χ1n) is 10.4. The highest BCUT2D eigenvalue weighted by molar-refractivity contribution is 7.99. The third-order valence-corrected chi connectivity index (χ3v) is 6.62. The summed E-state index contributed by atoms with van der Waals surface area (Å²) in [4.78, 5) is 37.9. The van der Waals surface area contributed by atoms with Gasteiger partial charge >= 0.3 is 11.9 Å². The van der Waals surface area contributed by atoms with Crippen molar-refractivity contribution in [1.29, 1.82) is 0 Å². The maximum atomic E-state index is 13.2. The third kappa shape index (κ3) is 4.88. The number of ether oxygens (including phenoxy) is 2. The van der Waals surface area contributed by atoms with Crippen LogP contribution in [-0.2, 0) is 19.1 Å². The standard InChI is InChI=1S/C22H29N3O5S/c1-5-11-31-22-24-18-17(19(26)25-22)16(15(12(3)23-18)21(28)30-6-2)13-7-9-14(10-8-13)20(27)29-4/h7-10,16-18,22-24H,5-6,11H2,1-4H3,(H,25,26). The van der Waals surface area contributed by atoms with Crippen molar-refractivity contribution in [3.8, 4) is 0 Å². The molecule has 3 N–H and O–H groups in total. The van der Waals surface area contributed by atoms with Crippen LogP contribution in [0.25, 0.3) is 0 Å². The molecule has 0 aliphatic carbocycles. The zero-order valence-corrected chi connectivity index (χ0v) is 19.0. The second-order valence-corrected chi connectivity index (χ2v) is 8.64. The molecule has 0 aromatic heterocycles. The number of allylic oxidation sites excluding steroid dienone is 1. The first kappa shape index (κ1) is 23.1. The predicted molar refractivity (Wildman–Crippen MR) is 118 cm³/mol. The van der Waals surface area contributed by atoms with E-state index in [-0.39, 0.29) is 24.2 Å². The molecule has 168 valence electrons. The second kappa shape index (κ2) is 10.2. The lowest BCUT2D eigenvalue weighted by Crippen LogP contribution is -2.67. The molecule has 1 aromatic carbocycles. The van der Waals surface area contributed by atoms with E-state index in [2.05, 4.69) is 22.9 Å². The van der Waals surface area contributed by atoms with Gasteiger partial charge < -0.3 is 20.1 Å². The summed E-state index contributed by atoms with van der Waals surface area (Å²) < 4.78 is 10.1. The molecule has 31 heavy (non-hydrogen) atoms. The van der Waals surface area contributed by atoms with Gasteiger partial charge in [0.1, 0.15) is 5.50 Å². The average Bonchev–Trinajstić information content (AvgIpc) is 2.76. The average molecular weight is 448 g/mol. The largest absolute Gasteiger partial charge is 0.465 e. The summed E-state index contributed by atoms with van der Waals surface area (Å²) in [7, 11) is 1.32. The van der Waals surface area contributed by atoms with Crippen molar-refractivity contribution >= 4 is 29.6 Å². The Kier molecular flexibility index (Phi) is 7.61. The number of rotatable bonds is 7. The predicted octanol–water partition coefficient (Wildman–Crippen LogP) is 2.09. The minimum Gasteiger partial charge on any atom is -0.465 e. The molecular formula is C22H29N3O5S. The number of esters is 2. The quantitative estimate of drug-likeness (QED) is 0.546. The molecule has 0 bridgehead atoms. The summed E-state index contributed by atoms with van der Waals surface area (Å²) in [6.07, 6.45) is 0.660. The molecule has 2 aliphatic heterocycles. The van der Waals surface area contributed by atoms with Gasteiger partial charge in [0.05, 0.1) is 36.9 Å². The first-order valence-corrected chi connectivity index (χ1v) is 11.5. The van der Waals surface area contributed by atoms with Crippen molar-refractivity contribution in [2.75, 3.05) is 19.5 Å². The fourth-order valence-corrected chi connectivity index (χ4v) is 4.93. The monoisotopic (exact) mass is 447 g/mol. The van der Waals surface area contributed by atoms with E-state index in [0.29, 0.717) is 16.8 Å². The van der Waals surface area contributed by atoms with E-state index in [4.69, 9.17) is 9.47 Å². The Bertz CT molecular complexity index is 870. The van der Waals surface area contributed by atoms with Crippen molar-refractivity contribution in [1.82, 2.24) is 16.0 Å². The third-order valence-electron chi connectivity index (χ3n) is 5.39. The van der Waals surface area contributed by atoms with Gasteiger partial charge in [0.15, 0.2) is 0 Å². The van der Waals surface area contributed by atoms with E-state index in [9.17, 15) is 14.4 Å². The summed E-state index contributed by atoms with van der Waals surface area (Å²) in [5.74, 6) is -1.21. The topological polar surface area (TPSA) is 106 Å². The Labute approximate surface area is 186 Å². The fraction of sp³-hybridized carbons (Fsp3) is 0.500. The van der Waals surface area contributed by atoms with Crippen molar-refractivity contribution in [2.24, 2.45) is 5.92 Å². The molecule has 8 nitrogen and oxygen atoms in total. The lowest BCUT2D eigenvalue weighted by Gasteiger charge is -2.45.